The van der Waals surface area contributed by atoms with E-state index in [9.17, 15) is 0 Å². The van der Waals surface area contributed by atoms with Crippen LogP contribution in [-0.4, -0.2) is 80.2 Å². The normalized spacial score (nSPS) is 30.9. The lowest BCUT2D eigenvalue weighted by molar-refractivity contribution is 0.124. The summed E-state index contributed by atoms with van der Waals surface area (Å²) in [4.78, 5) is 15.7. The Kier molecular flexibility index (Phi) is 4.73. The highest BCUT2D eigenvalue weighted by Gasteiger charge is 2.24. The first-order chi connectivity index (χ1) is 10.6. The standard InChI is InChI=1S/C15H24N4O3/c1-10-7-21-14(16-10)5-19(4-13-9-20-12(3)18-13)6-15-17-11(2)8-22-15/h10-12H,4-9H2,1-3H3/t10-,11-,12+/m0/s1. The van der Waals surface area contributed by atoms with Gasteiger partial charge < -0.3 is 14.2 Å². The summed E-state index contributed by atoms with van der Waals surface area (Å²) in [6.45, 7) is 10.00. The molecular weight excluding hydrogens is 284 g/mol. The van der Waals surface area contributed by atoms with Crippen LogP contribution < -0.4 is 0 Å². The van der Waals surface area contributed by atoms with Crippen LogP contribution in [0.15, 0.2) is 15.0 Å². The van der Waals surface area contributed by atoms with Gasteiger partial charge in [-0.15, -0.1) is 0 Å². The molecule has 122 valence electrons. The van der Waals surface area contributed by atoms with Gasteiger partial charge in [-0.3, -0.25) is 9.89 Å². The van der Waals surface area contributed by atoms with Crippen molar-refractivity contribution in [1.82, 2.24) is 4.90 Å². The van der Waals surface area contributed by atoms with E-state index in [1.807, 2.05) is 6.92 Å². The Morgan fingerprint density at radius 2 is 1.50 bits per heavy atom. The number of hydrogen-bond donors (Lipinski definition) is 0. The van der Waals surface area contributed by atoms with E-state index in [-0.39, 0.29) is 18.3 Å². The van der Waals surface area contributed by atoms with Crippen molar-refractivity contribution in [3.05, 3.63) is 0 Å². The van der Waals surface area contributed by atoms with Crippen molar-refractivity contribution in [2.75, 3.05) is 39.5 Å². The van der Waals surface area contributed by atoms with E-state index >= 15 is 0 Å². The zero-order valence-corrected chi connectivity index (χ0v) is 13.5. The van der Waals surface area contributed by atoms with Crippen LogP contribution >= 0.6 is 0 Å². The molecule has 3 aliphatic heterocycles. The molecule has 0 aromatic carbocycles. The molecule has 0 bridgehead atoms. The Labute approximate surface area is 131 Å². The molecule has 0 radical (unpaired) electrons. The van der Waals surface area contributed by atoms with E-state index < -0.39 is 0 Å². The Balaban J connectivity index is 1.63. The van der Waals surface area contributed by atoms with Crippen LogP contribution in [0.25, 0.3) is 0 Å². The van der Waals surface area contributed by atoms with Crippen LogP contribution in [0.4, 0.5) is 0 Å². The molecule has 7 heteroatoms. The predicted molar refractivity (Wildman–Crippen MR) is 85.0 cm³/mol. The minimum atomic E-state index is -0.0444. The highest BCUT2D eigenvalue weighted by atomic mass is 16.5. The molecule has 0 spiro atoms. The van der Waals surface area contributed by atoms with Gasteiger partial charge >= 0.3 is 0 Å². The molecule has 22 heavy (non-hydrogen) atoms. The predicted octanol–water partition coefficient (Wildman–Crippen LogP) is 0.740. The number of aliphatic imine (C=N–C) groups is 3. The second kappa shape index (κ2) is 6.75. The van der Waals surface area contributed by atoms with Gasteiger partial charge in [-0.2, -0.15) is 0 Å². The van der Waals surface area contributed by atoms with E-state index in [1.54, 1.807) is 0 Å². The van der Waals surface area contributed by atoms with E-state index in [4.69, 9.17) is 14.2 Å². The summed E-state index contributed by atoms with van der Waals surface area (Å²) in [5.74, 6) is 1.57. The third kappa shape index (κ3) is 4.04. The average molecular weight is 308 g/mol. The molecule has 0 aromatic rings. The minimum Gasteiger partial charge on any atom is -0.478 e. The summed E-state index contributed by atoms with van der Waals surface area (Å²) >= 11 is 0. The topological polar surface area (TPSA) is 68.0 Å². The van der Waals surface area contributed by atoms with Gasteiger partial charge in [-0.25, -0.2) is 9.98 Å². The fraction of sp³-hybridized carbons (Fsp3) is 0.800. The molecule has 0 saturated heterocycles. The van der Waals surface area contributed by atoms with Gasteiger partial charge in [0.25, 0.3) is 0 Å². The minimum absolute atomic E-state index is 0.0444. The van der Waals surface area contributed by atoms with E-state index in [0.29, 0.717) is 32.9 Å². The van der Waals surface area contributed by atoms with E-state index in [0.717, 1.165) is 24.1 Å². The van der Waals surface area contributed by atoms with Gasteiger partial charge in [0, 0.05) is 6.54 Å². The Hall–Kier alpha value is -1.47. The van der Waals surface area contributed by atoms with Crippen molar-refractivity contribution < 1.29 is 14.2 Å². The zero-order valence-electron chi connectivity index (χ0n) is 13.5. The SMILES string of the molecule is C[C@@H]1N=C(CN(CC2=N[C@@H](C)CO2)CC2=N[C@@H](C)CO2)CO1. The molecule has 0 fully saturated rings. The fourth-order valence-corrected chi connectivity index (χ4v) is 2.69. The molecule has 0 unspecified atom stereocenters. The van der Waals surface area contributed by atoms with Crippen molar-refractivity contribution in [3.8, 4) is 0 Å². The van der Waals surface area contributed by atoms with Gasteiger partial charge in [-0.05, 0) is 20.8 Å². The maximum atomic E-state index is 5.62. The van der Waals surface area contributed by atoms with Gasteiger partial charge in [-0.1, -0.05) is 0 Å². The van der Waals surface area contributed by atoms with E-state index in [2.05, 4.69) is 33.7 Å². The molecule has 0 N–H and O–H groups in total. The Morgan fingerprint density at radius 1 is 0.909 bits per heavy atom. The number of hydrogen-bond acceptors (Lipinski definition) is 7. The maximum Gasteiger partial charge on any atom is 0.198 e. The van der Waals surface area contributed by atoms with Gasteiger partial charge in [0.1, 0.15) is 19.4 Å². The smallest absolute Gasteiger partial charge is 0.198 e. The number of nitrogens with zero attached hydrogens (tertiary/aromatic N) is 4. The van der Waals surface area contributed by atoms with Crippen LogP contribution in [0, 0.1) is 0 Å². The molecule has 0 saturated carbocycles. The molecule has 7 nitrogen and oxygen atoms in total. The summed E-state index contributed by atoms with van der Waals surface area (Å²) in [6, 6.07) is 0.480. The lowest BCUT2D eigenvalue weighted by atomic mass is 10.3. The summed E-state index contributed by atoms with van der Waals surface area (Å²) < 4.78 is 16.7. The second-order valence-electron chi connectivity index (χ2n) is 6.12. The molecule has 3 atom stereocenters. The summed E-state index contributed by atoms with van der Waals surface area (Å²) in [5.41, 5.74) is 1.05. The quantitative estimate of drug-likeness (QED) is 0.726. The third-order valence-corrected chi connectivity index (χ3v) is 3.69. The monoisotopic (exact) mass is 308 g/mol. The zero-order chi connectivity index (χ0) is 15.5. The average Bonchev–Trinajstić information content (AvgIpc) is 3.14. The lowest BCUT2D eigenvalue weighted by Crippen LogP contribution is -2.39. The summed E-state index contributed by atoms with van der Waals surface area (Å²) in [6.07, 6.45) is -0.0444. The first-order valence-electron chi connectivity index (χ1n) is 7.87. The van der Waals surface area contributed by atoms with Crippen LogP contribution in [0.2, 0.25) is 0 Å². The summed E-state index contributed by atoms with van der Waals surface area (Å²) in [5, 5.41) is 0. The molecule has 3 rings (SSSR count). The molecule has 3 heterocycles. The molecule has 0 amide bonds. The van der Waals surface area contributed by atoms with Crippen LogP contribution in [0.1, 0.15) is 20.8 Å². The first kappa shape index (κ1) is 15.4. The molecule has 0 aromatic heterocycles. The Bertz CT molecular complexity index is 432. The largest absolute Gasteiger partial charge is 0.478 e. The lowest BCUT2D eigenvalue weighted by Gasteiger charge is -2.21. The van der Waals surface area contributed by atoms with Gasteiger partial charge in [0.05, 0.1) is 37.5 Å². The van der Waals surface area contributed by atoms with Gasteiger partial charge in [0.15, 0.2) is 11.8 Å². The van der Waals surface area contributed by atoms with Crippen LogP contribution in [0.5, 0.6) is 0 Å². The molecule has 0 aliphatic carbocycles. The van der Waals surface area contributed by atoms with Crippen molar-refractivity contribution in [1.29, 1.82) is 0 Å². The Morgan fingerprint density at radius 3 is 1.91 bits per heavy atom. The number of ether oxygens (including phenoxy) is 3. The maximum absolute atomic E-state index is 5.62. The van der Waals surface area contributed by atoms with Crippen molar-refractivity contribution in [3.63, 3.8) is 0 Å². The first-order valence-corrected chi connectivity index (χ1v) is 7.87. The highest BCUT2D eigenvalue weighted by molar-refractivity contribution is 5.90. The molecule has 3 aliphatic rings. The number of rotatable bonds is 6. The van der Waals surface area contributed by atoms with Crippen LogP contribution in [0.3, 0.4) is 0 Å². The van der Waals surface area contributed by atoms with Crippen LogP contribution in [-0.2, 0) is 14.2 Å². The van der Waals surface area contributed by atoms with E-state index in [1.165, 1.54) is 0 Å². The van der Waals surface area contributed by atoms with Gasteiger partial charge in [0.2, 0.25) is 0 Å². The van der Waals surface area contributed by atoms with Crippen molar-refractivity contribution in [2.24, 2.45) is 15.0 Å². The van der Waals surface area contributed by atoms with Crippen molar-refractivity contribution in [2.45, 2.75) is 39.1 Å². The third-order valence-electron chi connectivity index (χ3n) is 3.69. The van der Waals surface area contributed by atoms with Crippen molar-refractivity contribution >= 4 is 17.5 Å². The highest BCUT2D eigenvalue weighted by Crippen LogP contribution is 2.10. The fourth-order valence-electron chi connectivity index (χ4n) is 2.69. The second-order valence-corrected chi connectivity index (χ2v) is 6.12. The molecular formula is C15H24N4O3. The summed E-state index contributed by atoms with van der Waals surface area (Å²) in [7, 11) is 0.